The number of carbonyl (C=O) groups is 1. The van der Waals surface area contributed by atoms with Gasteiger partial charge in [0.25, 0.3) is 0 Å². The zero-order chi connectivity index (χ0) is 27.1. The number of amides is 1. The van der Waals surface area contributed by atoms with Gasteiger partial charge in [-0.1, -0.05) is 60.5 Å². The van der Waals surface area contributed by atoms with Crippen molar-refractivity contribution in [3.8, 4) is 0 Å². The fraction of sp³-hybridized carbons (Fsp3) is 0.500. The minimum Gasteiger partial charge on any atom is -0.330 e. The topological polar surface area (TPSA) is 66.5 Å². The van der Waals surface area contributed by atoms with Gasteiger partial charge in [0.2, 0.25) is 15.9 Å². The van der Waals surface area contributed by atoms with Gasteiger partial charge in [0, 0.05) is 28.5 Å². The van der Waals surface area contributed by atoms with E-state index in [1.54, 1.807) is 0 Å². The van der Waals surface area contributed by atoms with Crippen LogP contribution in [-0.4, -0.2) is 37.1 Å². The standard InChI is InChI=1S/C30H36Cl2N2O3S/c1-3-16-30(4-2)18-26(22-6-5-7-24(32)17-22)28(21-10-12-23(31)13-11-21)34(29(30)35)27(20-8-9-20)19-33-38(36,37)25-14-15-25/h3,5-7,10-13,17,20,25-28,33H,1,4,8-9,14-16,18-19H2,2H3. The third kappa shape index (κ3) is 5.56. The van der Waals surface area contributed by atoms with Crippen LogP contribution >= 0.6 is 23.2 Å². The molecule has 3 fully saturated rings. The molecular formula is C30H36Cl2N2O3S. The molecule has 2 aromatic rings. The summed E-state index contributed by atoms with van der Waals surface area (Å²) in [5, 5.41) is 0.982. The lowest BCUT2D eigenvalue weighted by molar-refractivity contribution is -0.156. The summed E-state index contributed by atoms with van der Waals surface area (Å²) >= 11 is 12.7. The average Bonchev–Trinajstić information content (AvgIpc) is 3.80. The molecule has 3 aliphatic rings. The molecule has 0 spiro atoms. The van der Waals surface area contributed by atoms with Crippen molar-refractivity contribution in [2.75, 3.05) is 6.54 Å². The van der Waals surface area contributed by atoms with E-state index in [1.165, 1.54) is 0 Å². The van der Waals surface area contributed by atoms with Gasteiger partial charge in [-0.15, -0.1) is 6.58 Å². The van der Waals surface area contributed by atoms with Crippen LogP contribution in [0.4, 0.5) is 0 Å². The van der Waals surface area contributed by atoms with Gasteiger partial charge in [-0.25, -0.2) is 13.1 Å². The second-order valence-electron chi connectivity index (χ2n) is 11.2. The Morgan fingerprint density at radius 3 is 2.37 bits per heavy atom. The number of nitrogens with zero attached hydrogens (tertiary/aromatic N) is 1. The molecule has 38 heavy (non-hydrogen) atoms. The highest BCUT2D eigenvalue weighted by atomic mass is 35.5. The van der Waals surface area contributed by atoms with Crippen molar-refractivity contribution < 1.29 is 13.2 Å². The molecule has 4 unspecified atom stereocenters. The van der Waals surface area contributed by atoms with Crippen molar-refractivity contribution in [2.45, 2.75) is 75.1 Å². The second-order valence-corrected chi connectivity index (χ2v) is 14.1. The molecule has 1 saturated heterocycles. The van der Waals surface area contributed by atoms with E-state index in [4.69, 9.17) is 23.2 Å². The summed E-state index contributed by atoms with van der Waals surface area (Å²) in [5.41, 5.74) is 1.44. The smallest absolute Gasteiger partial charge is 0.229 e. The van der Waals surface area contributed by atoms with Crippen LogP contribution in [0.1, 0.15) is 75.0 Å². The Labute approximate surface area is 236 Å². The van der Waals surface area contributed by atoms with Gasteiger partial charge in [-0.2, -0.15) is 0 Å². The third-order valence-corrected chi connectivity index (χ3v) is 11.1. The van der Waals surface area contributed by atoms with Crippen LogP contribution in [-0.2, 0) is 14.8 Å². The monoisotopic (exact) mass is 574 g/mol. The summed E-state index contributed by atoms with van der Waals surface area (Å²) in [7, 11) is -3.39. The molecule has 2 aliphatic carbocycles. The number of rotatable bonds is 11. The van der Waals surface area contributed by atoms with Crippen molar-refractivity contribution in [3.05, 3.63) is 82.4 Å². The molecule has 0 radical (unpaired) electrons. The van der Waals surface area contributed by atoms with E-state index in [-0.39, 0.29) is 41.6 Å². The fourth-order valence-electron chi connectivity index (χ4n) is 6.22. The Kier molecular flexibility index (Phi) is 7.99. The van der Waals surface area contributed by atoms with E-state index in [9.17, 15) is 13.2 Å². The fourth-order valence-corrected chi connectivity index (χ4v) is 7.94. The van der Waals surface area contributed by atoms with E-state index in [0.717, 1.165) is 24.0 Å². The quantitative estimate of drug-likeness (QED) is 0.297. The van der Waals surface area contributed by atoms with Gasteiger partial charge in [0.1, 0.15) is 0 Å². The molecule has 0 aromatic heterocycles. The van der Waals surface area contributed by atoms with E-state index in [0.29, 0.717) is 42.1 Å². The number of piperidine rings is 1. The number of carbonyl (C=O) groups excluding carboxylic acids is 1. The van der Waals surface area contributed by atoms with E-state index in [2.05, 4.69) is 24.3 Å². The molecule has 2 saturated carbocycles. The molecule has 1 aliphatic heterocycles. The van der Waals surface area contributed by atoms with Gasteiger partial charge in [0.05, 0.1) is 16.7 Å². The molecule has 5 rings (SSSR count). The van der Waals surface area contributed by atoms with Crippen LogP contribution in [0.25, 0.3) is 0 Å². The first-order chi connectivity index (χ1) is 18.2. The molecule has 8 heteroatoms. The molecule has 2 aromatic carbocycles. The molecule has 4 atom stereocenters. The first-order valence-corrected chi connectivity index (χ1v) is 15.9. The van der Waals surface area contributed by atoms with Crippen molar-refractivity contribution >= 4 is 39.1 Å². The SMILES string of the molecule is C=CCC1(CC)CC(c2cccc(Cl)c2)C(c2ccc(Cl)cc2)N(C(CNS(=O)(=O)C2CC2)C2CC2)C1=O. The number of likely N-dealkylation sites (tertiary alicyclic amines) is 1. The molecule has 5 nitrogen and oxygen atoms in total. The maximum Gasteiger partial charge on any atom is 0.229 e. The van der Waals surface area contributed by atoms with Gasteiger partial charge < -0.3 is 4.90 Å². The molecule has 0 bridgehead atoms. The van der Waals surface area contributed by atoms with E-state index < -0.39 is 15.4 Å². The van der Waals surface area contributed by atoms with Crippen LogP contribution < -0.4 is 4.72 Å². The normalized spacial score (nSPS) is 26.8. The van der Waals surface area contributed by atoms with Gasteiger partial charge in [-0.05, 0) is 86.3 Å². The first kappa shape index (κ1) is 27.7. The lowest BCUT2D eigenvalue weighted by Gasteiger charge is -2.53. The maximum absolute atomic E-state index is 14.7. The second kappa shape index (κ2) is 11.0. The predicted molar refractivity (Wildman–Crippen MR) is 154 cm³/mol. The molecule has 1 amide bonds. The molecule has 204 valence electrons. The maximum atomic E-state index is 14.7. The van der Waals surface area contributed by atoms with E-state index in [1.807, 2.05) is 53.4 Å². The van der Waals surface area contributed by atoms with Crippen LogP contribution in [0.5, 0.6) is 0 Å². The summed E-state index contributed by atoms with van der Waals surface area (Å²) in [6.07, 6.45) is 7.11. The van der Waals surface area contributed by atoms with Crippen molar-refractivity contribution in [1.82, 2.24) is 9.62 Å². The number of benzene rings is 2. The highest BCUT2D eigenvalue weighted by Crippen LogP contribution is 2.55. The number of hydrogen-bond donors (Lipinski definition) is 1. The summed E-state index contributed by atoms with van der Waals surface area (Å²) in [6.45, 7) is 6.30. The molecular weight excluding hydrogens is 539 g/mol. The summed E-state index contributed by atoms with van der Waals surface area (Å²) < 4.78 is 28.6. The largest absolute Gasteiger partial charge is 0.330 e. The number of allylic oxidation sites excluding steroid dienone is 1. The van der Waals surface area contributed by atoms with Crippen molar-refractivity contribution in [2.24, 2.45) is 11.3 Å². The Balaban J connectivity index is 1.64. The van der Waals surface area contributed by atoms with Crippen molar-refractivity contribution in [3.63, 3.8) is 0 Å². The Morgan fingerprint density at radius 2 is 1.79 bits per heavy atom. The third-order valence-electron chi connectivity index (χ3n) is 8.66. The Morgan fingerprint density at radius 1 is 1.08 bits per heavy atom. The molecule has 1 N–H and O–H groups in total. The average molecular weight is 576 g/mol. The Bertz CT molecular complexity index is 1290. The zero-order valence-corrected chi connectivity index (χ0v) is 24.1. The Hall–Kier alpha value is -1.86. The van der Waals surface area contributed by atoms with Crippen LogP contribution in [0.3, 0.4) is 0 Å². The minimum absolute atomic E-state index is 0.0336. The highest BCUT2D eigenvalue weighted by molar-refractivity contribution is 7.90. The lowest BCUT2D eigenvalue weighted by atomic mass is 9.65. The van der Waals surface area contributed by atoms with Crippen LogP contribution in [0.2, 0.25) is 10.0 Å². The number of nitrogens with one attached hydrogen (secondary N) is 1. The molecule has 1 heterocycles. The number of hydrogen-bond acceptors (Lipinski definition) is 3. The zero-order valence-electron chi connectivity index (χ0n) is 21.8. The number of sulfonamides is 1. The van der Waals surface area contributed by atoms with Crippen molar-refractivity contribution in [1.29, 1.82) is 0 Å². The van der Waals surface area contributed by atoms with Crippen LogP contribution in [0, 0.1) is 11.3 Å². The lowest BCUT2D eigenvalue weighted by Crippen LogP contribution is -2.59. The van der Waals surface area contributed by atoms with Gasteiger partial charge in [-0.3, -0.25) is 4.79 Å². The van der Waals surface area contributed by atoms with Gasteiger partial charge in [0.15, 0.2) is 0 Å². The number of halogens is 2. The van der Waals surface area contributed by atoms with Crippen LogP contribution in [0.15, 0.2) is 61.2 Å². The van der Waals surface area contributed by atoms with E-state index >= 15 is 0 Å². The minimum atomic E-state index is -3.39. The highest BCUT2D eigenvalue weighted by Gasteiger charge is 2.54. The summed E-state index contributed by atoms with van der Waals surface area (Å²) in [5.74, 6) is 0.307. The predicted octanol–water partition coefficient (Wildman–Crippen LogP) is 6.88. The summed E-state index contributed by atoms with van der Waals surface area (Å²) in [6, 6.07) is 15.1. The first-order valence-electron chi connectivity index (χ1n) is 13.6. The van der Waals surface area contributed by atoms with Gasteiger partial charge >= 0.3 is 0 Å². The summed E-state index contributed by atoms with van der Waals surface area (Å²) in [4.78, 5) is 16.7.